The van der Waals surface area contributed by atoms with Gasteiger partial charge in [0.1, 0.15) is 0 Å². The largest absolute Gasteiger partial charge is 0.257 e. The summed E-state index contributed by atoms with van der Waals surface area (Å²) in [6, 6.07) is 6.43. The van der Waals surface area contributed by atoms with Crippen LogP contribution in [0.2, 0.25) is 0 Å². The van der Waals surface area contributed by atoms with Gasteiger partial charge in [0.05, 0.1) is 11.6 Å². The fourth-order valence-corrected chi connectivity index (χ4v) is 3.85. The molecule has 0 amide bonds. The molecule has 1 aromatic heterocycles. The summed E-state index contributed by atoms with van der Waals surface area (Å²) >= 11 is 0. The number of nitriles is 1. The third kappa shape index (κ3) is 3.03. The summed E-state index contributed by atoms with van der Waals surface area (Å²) in [5.41, 5.74) is 3.22. The Morgan fingerprint density at radius 1 is 0.800 bits per heavy atom. The van der Waals surface area contributed by atoms with Crippen molar-refractivity contribution in [3.05, 3.63) is 29.1 Å². The molecule has 2 fully saturated rings. The minimum Gasteiger partial charge on any atom is -0.257 e. The summed E-state index contributed by atoms with van der Waals surface area (Å²) in [6.45, 7) is 0. The predicted molar refractivity (Wildman–Crippen MR) is 80.6 cm³/mol. The van der Waals surface area contributed by atoms with E-state index in [-0.39, 0.29) is 0 Å². The highest BCUT2D eigenvalue weighted by Gasteiger charge is 2.21. The predicted octanol–water partition coefficient (Wildman–Crippen LogP) is 5.05. The minimum atomic E-state index is 0.597. The fraction of sp³-hybridized carbons (Fsp3) is 0.667. The van der Waals surface area contributed by atoms with E-state index in [0.29, 0.717) is 11.8 Å². The Bertz CT molecular complexity index is 452. The maximum Gasteiger partial charge on any atom is 0.0992 e. The Labute approximate surface area is 122 Å². The Hall–Kier alpha value is -1.36. The van der Waals surface area contributed by atoms with Gasteiger partial charge >= 0.3 is 0 Å². The maximum atomic E-state index is 9.31. The molecule has 2 aliphatic rings. The number of aromatic nitrogens is 1. The van der Waals surface area contributed by atoms with E-state index in [4.69, 9.17) is 4.98 Å². The van der Waals surface area contributed by atoms with Crippen molar-refractivity contribution < 1.29 is 0 Å². The van der Waals surface area contributed by atoms with Crippen molar-refractivity contribution in [2.24, 2.45) is 0 Å². The molecule has 0 saturated heterocycles. The fourth-order valence-electron chi connectivity index (χ4n) is 3.85. The zero-order valence-corrected chi connectivity index (χ0v) is 12.3. The number of pyridine rings is 1. The van der Waals surface area contributed by atoms with Crippen LogP contribution in [-0.4, -0.2) is 4.98 Å². The van der Waals surface area contributed by atoms with Gasteiger partial charge in [0, 0.05) is 23.2 Å². The summed E-state index contributed by atoms with van der Waals surface area (Å²) in [6.07, 6.45) is 13.0. The van der Waals surface area contributed by atoms with Gasteiger partial charge < -0.3 is 0 Å². The van der Waals surface area contributed by atoms with Crippen molar-refractivity contribution >= 4 is 0 Å². The van der Waals surface area contributed by atoms with Crippen molar-refractivity contribution in [3.63, 3.8) is 0 Å². The normalized spacial score (nSPS) is 21.6. The lowest BCUT2D eigenvalue weighted by atomic mass is 9.84. The molecule has 0 bridgehead atoms. The van der Waals surface area contributed by atoms with Crippen LogP contribution in [0.15, 0.2) is 12.1 Å². The van der Waals surface area contributed by atoms with Gasteiger partial charge in [-0.1, -0.05) is 38.5 Å². The van der Waals surface area contributed by atoms with Crippen LogP contribution in [0.5, 0.6) is 0 Å². The molecule has 3 rings (SSSR count). The summed E-state index contributed by atoms with van der Waals surface area (Å²) in [4.78, 5) is 4.98. The molecule has 2 nitrogen and oxygen atoms in total. The molecule has 0 spiro atoms. The SMILES string of the molecule is N#Cc1cc(C2CCCCC2)nc(C2CCCCC2)c1. The summed E-state index contributed by atoms with van der Waals surface area (Å²) < 4.78 is 0. The first-order valence-electron chi connectivity index (χ1n) is 8.29. The molecular formula is C18H24N2. The monoisotopic (exact) mass is 268 g/mol. The van der Waals surface area contributed by atoms with Crippen LogP contribution in [0.4, 0.5) is 0 Å². The van der Waals surface area contributed by atoms with Crippen LogP contribution in [-0.2, 0) is 0 Å². The van der Waals surface area contributed by atoms with Crippen molar-refractivity contribution in [2.45, 2.75) is 76.0 Å². The second kappa shape index (κ2) is 6.39. The number of hydrogen-bond donors (Lipinski definition) is 0. The lowest BCUT2D eigenvalue weighted by Crippen LogP contribution is -2.12. The number of hydrogen-bond acceptors (Lipinski definition) is 2. The van der Waals surface area contributed by atoms with E-state index in [9.17, 15) is 5.26 Å². The smallest absolute Gasteiger partial charge is 0.0992 e. The molecule has 106 valence electrons. The molecule has 0 unspecified atom stereocenters. The molecule has 20 heavy (non-hydrogen) atoms. The van der Waals surface area contributed by atoms with Crippen LogP contribution >= 0.6 is 0 Å². The zero-order chi connectivity index (χ0) is 13.8. The minimum absolute atomic E-state index is 0.597. The first-order valence-corrected chi connectivity index (χ1v) is 8.29. The molecule has 1 aromatic rings. The van der Waals surface area contributed by atoms with Crippen LogP contribution in [0.3, 0.4) is 0 Å². The molecular weight excluding hydrogens is 244 g/mol. The molecule has 0 aromatic carbocycles. The molecule has 0 N–H and O–H groups in total. The van der Waals surface area contributed by atoms with Gasteiger partial charge in [0.15, 0.2) is 0 Å². The molecule has 2 heteroatoms. The number of nitrogens with zero attached hydrogens (tertiary/aromatic N) is 2. The molecule has 0 aliphatic heterocycles. The summed E-state index contributed by atoms with van der Waals surface area (Å²) in [5, 5.41) is 9.31. The third-order valence-corrected chi connectivity index (χ3v) is 5.04. The average Bonchev–Trinajstić information content (AvgIpc) is 2.56. The van der Waals surface area contributed by atoms with Gasteiger partial charge in [0.25, 0.3) is 0 Å². The Balaban J connectivity index is 1.87. The summed E-state index contributed by atoms with van der Waals surface area (Å²) in [5.74, 6) is 1.19. The van der Waals surface area contributed by atoms with E-state index in [0.717, 1.165) is 5.56 Å². The lowest BCUT2D eigenvalue weighted by molar-refractivity contribution is 0.421. The van der Waals surface area contributed by atoms with Gasteiger partial charge in [0.2, 0.25) is 0 Å². The van der Waals surface area contributed by atoms with Gasteiger partial charge in [-0.25, -0.2) is 0 Å². The Morgan fingerprint density at radius 2 is 1.25 bits per heavy atom. The van der Waals surface area contributed by atoms with E-state index in [1.165, 1.54) is 75.6 Å². The third-order valence-electron chi connectivity index (χ3n) is 5.04. The van der Waals surface area contributed by atoms with Crippen LogP contribution in [0.25, 0.3) is 0 Å². The van der Waals surface area contributed by atoms with Gasteiger partial charge in [-0.15, -0.1) is 0 Å². The first-order chi connectivity index (χ1) is 9.86. The highest BCUT2D eigenvalue weighted by molar-refractivity contribution is 5.34. The van der Waals surface area contributed by atoms with Crippen molar-refractivity contribution in [1.82, 2.24) is 4.98 Å². The van der Waals surface area contributed by atoms with Gasteiger partial charge in [-0.05, 0) is 37.8 Å². The molecule has 0 atom stereocenters. The molecule has 0 radical (unpaired) electrons. The van der Waals surface area contributed by atoms with E-state index in [2.05, 4.69) is 6.07 Å². The lowest BCUT2D eigenvalue weighted by Gasteiger charge is -2.25. The first kappa shape index (κ1) is 13.6. The van der Waals surface area contributed by atoms with Gasteiger partial charge in [-0.2, -0.15) is 5.26 Å². The van der Waals surface area contributed by atoms with Gasteiger partial charge in [-0.3, -0.25) is 4.98 Å². The molecule has 2 aliphatic carbocycles. The van der Waals surface area contributed by atoms with Crippen LogP contribution in [0.1, 0.15) is 93.0 Å². The zero-order valence-electron chi connectivity index (χ0n) is 12.3. The summed E-state index contributed by atoms with van der Waals surface area (Å²) in [7, 11) is 0. The Kier molecular flexibility index (Phi) is 4.35. The second-order valence-electron chi connectivity index (χ2n) is 6.49. The van der Waals surface area contributed by atoms with Crippen molar-refractivity contribution in [3.8, 4) is 6.07 Å². The van der Waals surface area contributed by atoms with Crippen molar-refractivity contribution in [2.75, 3.05) is 0 Å². The van der Waals surface area contributed by atoms with Crippen LogP contribution < -0.4 is 0 Å². The number of rotatable bonds is 2. The molecule has 1 heterocycles. The second-order valence-corrected chi connectivity index (χ2v) is 6.49. The van der Waals surface area contributed by atoms with E-state index in [1.807, 2.05) is 12.1 Å². The van der Waals surface area contributed by atoms with E-state index in [1.54, 1.807) is 0 Å². The maximum absolute atomic E-state index is 9.31. The van der Waals surface area contributed by atoms with E-state index >= 15 is 0 Å². The highest BCUT2D eigenvalue weighted by Crippen LogP contribution is 2.35. The average molecular weight is 268 g/mol. The van der Waals surface area contributed by atoms with E-state index < -0.39 is 0 Å². The van der Waals surface area contributed by atoms with Crippen LogP contribution in [0, 0.1) is 11.3 Å². The molecule has 2 saturated carbocycles. The highest BCUT2D eigenvalue weighted by atomic mass is 14.7. The standard InChI is InChI=1S/C18H24N2/c19-13-14-11-17(15-7-3-1-4-8-15)20-18(12-14)16-9-5-2-6-10-16/h11-12,15-16H,1-10H2. The Morgan fingerprint density at radius 3 is 1.65 bits per heavy atom. The topological polar surface area (TPSA) is 36.7 Å². The quantitative estimate of drug-likeness (QED) is 0.752. The van der Waals surface area contributed by atoms with Crippen molar-refractivity contribution in [1.29, 1.82) is 5.26 Å².